The molecule has 0 heterocycles. The zero-order valence-electron chi connectivity index (χ0n) is 11.6. The maximum atomic E-state index is 12.4. The van der Waals surface area contributed by atoms with Crippen molar-refractivity contribution >= 4 is 11.7 Å². The zero-order valence-corrected chi connectivity index (χ0v) is 11.6. The average Bonchev–Trinajstić information content (AvgIpc) is 2.38. The molecule has 5 heteroatoms. The lowest BCUT2D eigenvalue weighted by atomic mass is 9.84. The molecule has 0 aromatic rings. The Hall–Kier alpha value is -1.26. The summed E-state index contributed by atoms with van der Waals surface area (Å²) < 4.78 is 0. The molecule has 104 valence electrons. The lowest BCUT2D eigenvalue weighted by molar-refractivity contribution is -0.135. The summed E-state index contributed by atoms with van der Waals surface area (Å²) in [5, 5.41) is 11.7. The lowest BCUT2D eigenvalue weighted by Crippen LogP contribution is -2.47. The van der Waals surface area contributed by atoms with Crippen LogP contribution in [0, 0.1) is 11.8 Å². The Labute approximate surface area is 109 Å². The summed E-state index contributed by atoms with van der Waals surface area (Å²) >= 11 is 0. The van der Waals surface area contributed by atoms with E-state index in [4.69, 9.17) is 10.9 Å². The summed E-state index contributed by atoms with van der Waals surface area (Å²) in [6.45, 7) is 4.07. The molecule has 1 rings (SSSR count). The fourth-order valence-electron chi connectivity index (χ4n) is 2.86. The first-order chi connectivity index (χ1) is 8.52. The van der Waals surface area contributed by atoms with E-state index in [1.54, 1.807) is 4.90 Å². The highest BCUT2D eigenvalue weighted by Gasteiger charge is 2.32. The fraction of sp³-hybridized carbons (Fsp3) is 0.846. The number of amidine groups is 1. The third-order valence-corrected chi connectivity index (χ3v) is 4.09. The number of hydrogen-bond donors (Lipinski definition) is 2. The minimum Gasteiger partial charge on any atom is -0.409 e. The van der Waals surface area contributed by atoms with Crippen molar-refractivity contribution in [2.45, 2.75) is 52.0 Å². The molecule has 0 saturated heterocycles. The molecule has 0 spiro atoms. The number of carbonyl (C=O) groups is 1. The van der Waals surface area contributed by atoms with Gasteiger partial charge >= 0.3 is 0 Å². The van der Waals surface area contributed by atoms with Crippen LogP contribution in [-0.2, 0) is 4.79 Å². The summed E-state index contributed by atoms with van der Waals surface area (Å²) in [6.07, 6.45) is 5.20. The molecular formula is C13H25N3O2. The van der Waals surface area contributed by atoms with Crippen molar-refractivity contribution in [3.8, 4) is 0 Å². The molecule has 0 aromatic heterocycles. The van der Waals surface area contributed by atoms with Gasteiger partial charge in [-0.05, 0) is 25.2 Å². The SMILES string of the molecule is CCC(C(=O)N(C)C1CCCCC1C)C(N)=NO. The van der Waals surface area contributed by atoms with Crippen LogP contribution in [-0.4, -0.2) is 34.9 Å². The van der Waals surface area contributed by atoms with Gasteiger partial charge < -0.3 is 15.8 Å². The van der Waals surface area contributed by atoms with Crippen molar-refractivity contribution in [2.24, 2.45) is 22.7 Å². The molecule has 0 aromatic carbocycles. The van der Waals surface area contributed by atoms with Crippen LogP contribution in [0.4, 0.5) is 0 Å². The third-order valence-electron chi connectivity index (χ3n) is 4.09. The van der Waals surface area contributed by atoms with Crippen LogP contribution in [0.5, 0.6) is 0 Å². The lowest BCUT2D eigenvalue weighted by Gasteiger charge is -2.37. The highest BCUT2D eigenvalue weighted by atomic mass is 16.4. The Balaban J connectivity index is 2.75. The van der Waals surface area contributed by atoms with Gasteiger partial charge in [-0.15, -0.1) is 0 Å². The number of oxime groups is 1. The van der Waals surface area contributed by atoms with Crippen molar-refractivity contribution in [1.29, 1.82) is 0 Å². The smallest absolute Gasteiger partial charge is 0.233 e. The second-order valence-electron chi connectivity index (χ2n) is 5.26. The normalized spacial score (nSPS) is 26.7. The number of nitrogens with zero attached hydrogens (tertiary/aromatic N) is 2. The molecular weight excluding hydrogens is 230 g/mol. The Kier molecular flexibility index (Phi) is 5.44. The Morgan fingerprint density at radius 2 is 2.11 bits per heavy atom. The van der Waals surface area contributed by atoms with Crippen molar-refractivity contribution in [2.75, 3.05) is 7.05 Å². The Bertz CT molecular complexity index is 317. The van der Waals surface area contributed by atoms with E-state index in [1.165, 1.54) is 19.3 Å². The second kappa shape index (κ2) is 6.61. The van der Waals surface area contributed by atoms with Crippen LogP contribution in [0.25, 0.3) is 0 Å². The van der Waals surface area contributed by atoms with E-state index in [9.17, 15) is 4.79 Å². The van der Waals surface area contributed by atoms with Crippen molar-refractivity contribution in [3.05, 3.63) is 0 Å². The number of nitrogens with two attached hydrogens (primary N) is 1. The number of carbonyl (C=O) groups excluding carboxylic acids is 1. The van der Waals surface area contributed by atoms with Gasteiger partial charge in [-0.25, -0.2) is 0 Å². The quantitative estimate of drug-likeness (QED) is 0.348. The molecule has 0 aliphatic heterocycles. The fourth-order valence-corrected chi connectivity index (χ4v) is 2.86. The van der Waals surface area contributed by atoms with Gasteiger partial charge in [0.2, 0.25) is 5.91 Å². The molecule has 1 aliphatic rings. The van der Waals surface area contributed by atoms with Crippen LogP contribution in [0.2, 0.25) is 0 Å². The molecule has 0 bridgehead atoms. The highest BCUT2D eigenvalue weighted by molar-refractivity contribution is 6.02. The van der Waals surface area contributed by atoms with Crippen LogP contribution in [0.15, 0.2) is 5.16 Å². The largest absolute Gasteiger partial charge is 0.409 e. The predicted molar refractivity (Wildman–Crippen MR) is 71.4 cm³/mol. The minimum atomic E-state index is -0.505. The summed E-state index contributed by atoms with van der Waals surface area (Å²) in [4.78, 5) is 14.2. The molecule has 3 N–H and O–H groups in total. The van der Waals surface area contributed by atoms with Gasteiger partial charge in [0.25, 0.3) is 0 Å². The van der Waals surface area contributed by atoms with E-state index in [-0.39, 0.29) is 17.8 Å². The van der Waals surface area contributed by atoms with Gasteiger partial charge in [0.15, 0.2) is 5.84 Å². The van der Waals surface area contributed by atoms with E-state index in [1.807, 2.05) is 14.0 Å². The summed E-state index contributed by atoms with van der Waals surface area (Å²) in [5.74, 6) is -0.00372. The molecule has 3 atom stereocenters. The standard InChI is InChI=1S/C13H25N3O2/c1-4-10(12(14)15-18)13(17)16(3)11-8-6-5-7-9(11)2/h9-11,18H,4-8H2,1-3H3,(H2,14,15). The van der Waals surface area contributed by atoms with Crippen LogP contribution in [0.1, 0.15) is 46.0 Å². The molecule has 1 fully saturated rings. The summed E-state index contributed by atoms with van der Waals surface area (Å²) in [6, 6.07) is 0.284. The van der Waals surface area contributed by atoms with Crippen LogP contribution >= 0.6 is 0 Å². The maximum Gasteiger partial charge on any atom is 0.233 e. The molecule has 1 amide bonds. The van der Waals surface area contributed by atoms with Gasteiger partial charge in [-0.1, -0.05) is 31.8 Å². The van der Waals surface area contributed by atoms with Crippen molar-refractivity contribution < 1.29 is 10.0 Å². The van der Waals surface area contributed by atoms with Gasteiger partial charge in [0.1, 0.15) is 0 Å². The predicted octanol–water partition coefficient (Wildman–Crippen LogP) is 1.80. The topological polar surface area (TPSA) is 78.9 Å². The molecule has 1 saturated carbocycles. The molecule has 5 nitrogen and oxygen atoms in total. The monoisotopic (exact) mass is 255 g/mol. The second-order valence-corrected chi connectivity index (χ2v) is 5.26. The van der Waals surface area contributed by atoms with E-state index in [2.05, 4.69) is 12.1 Å². The summed E-state index contributed by atoms with van der Waals surface area (Å²) in [7, 11) is 1.84. The van der Waals surface area contributed by atoms with E-state index >= 15 is 0 Å². The van der Waals surface area contributed by atoms with Crippen LogP contribution in [0.3, 0.4) is 0 Å². The maximum absolute atomic E-state index is 12.4. The first-order valence-corrected chi connectivity index (χ1v) is 6.77. The van der Waals surface area contributed by atoms with Gasteiger partial charge in [-0.3, -0.25) is 4.79 Å². The molecule has 0 radical (unpaired) electrons. The van der Waals surface area contributed by atoms with E-state index in [0.29, 0.717) is 12.3 Å². The number of amides is 1. The summed E-state index contributed by atoms with van der Waals surface area (Å²) in [5.41, 5.74) is 5.58. The molecule has 3 unspecified atom stereocenters. The molecule has 18 heavy (non-hydrogen) atoms. The van der Waals surface area contributed by atoms with Gasteiger partial charge in [0, 0.05) is 13.1 Å². The van der Waals surface area contributed by atoms with Gasteiger partial charge in [0.05, 0.1) is 5.92 Å². The van der Waals surface area contributed by atoms with Crippen LogP contribution < -0.4 is 5.73 Å². The first-order valence-electron chi connectivity index (χ1n) is 6.77. The van der Waals surface area contributed by atoms with E-state index in [0.717, 1.165) is 6.42 Å². The molecule has 1 aliphatic carbocycles. The van der Waals surface area contributed by atoms with Crippen molar-refractivity contribution in [1.82, 2.24) is 4.90 Å². The highest BCUT2D eigenvalue weighted by Crippen LogP contribution is 2.28. The van der Waals surface area contributed by atoms with E-state index < -0.39 is 5.92 Å². The minimum absolute atomic E-state index is 0.0119. The number of hydrogen-bond acceptors (Lipinski definition) is 3. The Morgan fingerprint density at radius 1 is 1.50 bits per heavy atom. The first kappa shape index (κ1) is 14.8. The third kappa shape index (κ3) is 3.15. The van der Waals surface area contributed by atoms with Gasteiger partial charge in [-0.2, -0.15) is 0 Å². The zero-order chi connectivity index (χ0) is 13.7. The number of rotatable bonds is 4. The van der Waals surface area contributed by atoms with Crippen molar-refractivity contribution in [3.63, 3.8) is 0 Å². The Morgan fingerprint density at radius 3 is 2.61 bits per heavy atom. The average molecular weight is 255 g/mol.